The molecule has 0 bridgehead atoms. The molecule has 1 atom stereocenters. The Hall–Kier alpha value is -3.97. The van der Waals surface area contributed by atoms with Gasteiger partial charge in [-0.1, -0.05) is 66.6 Å². The number of hydrogen-bond donors (Lipinski definition) is 2. The van der Waals surface area contributed by atoms with Gasteiger partial charge in [0.15, 0.2) is 0 Å². The van der Waals surface area contributed by atoms with Crippen LogP contribution in [0.2, 0.25) is 0 Å². The van der Waals surface area contributed by atoms with Gasteiger partial charge in [-0.2, -0.15) is 0 Å². The molecule has 1 unspecified atom stereocenters. The van der Waals surface area contributed by atoms with Gasteiger partial charge in [-0.15, -0.1) is 11.3 Å². The zero-order valence-corrected chi connectivity index (χ0v) is 23.4. The van der Waals surface area contributed by atoms with Crippen LogP contribution >= 0.6 is 11.3 Å². The molecular weight excluding hydrogens is 508 g/mol. The summed E-state index contributed by atoms with van der Waals surface area (Å²) >= 11 is 1.47. The van der Waals surface area contributed by atoms with E-state index in [1.54, 1.807) is 12.2 Å². The maximum atomic E-state index is 13.2. The van der Waals surface area contributed by atoms with E-state index in [2.05, 4.69) is 17.6 Å². The van der Waals surface area contributed by atoms with E-state index in [1.165, 1.54) is 23.5 Å². The van der Waals surface area contributed by atoms with Crippen molar-refractivity contribution in [2.75, 3.05) is 18.5 Å². The van der Waals surface area contributed by atoms with Crippen molar-refractivity contribution < 1.29 is 19.1 Å². The highest BCUT2D eigenvalue weighted by Gasteiger charge is 2.28. The van der Waals surface area contributed by atoms with Crippen LogP contribution in [-0.2, 0) is 27.2 Å². The Labute approximate surface area is 233 Å². The fourth-order valence-corrected chi connectivity index (χ4v) is 5.79. The Morgan fingerprint density at radius 1 is 0.949 bits per heavy atom. The molecule has 1 heterocycles. The first kappa shape index (κ1) is 28.0. The monoisotopic (exact) mass is 542 g/mol. The van der Waals surface area contributed by atoms with Gasteiger partial charge < -0.3 is 15.4 Å². The van der Waals surface area contributed by atoms with Gasteiger partial charge in [0.05, 0.1) is 12.1 Å². The smallest absolute Gasteiger partial charge is 0.330 e. The number of carbonyl (C=O) groups excluding carboxylic acids is 3. The van der Waals surface area contributed by atoms with E-state index in [-0.39, 0.29) is 25.0 Å². The minimum absolute atomic E-state index is 0.0488. The minimum atomic E-state index is -0.472. The summed E-state index contributed by atoms with van der Waals surface area (Å²) in [5.74, 6) is -0.499. The van der Waals surface area contributed by atoms with Gasteiger partial charge in [-0.25, -0.2) is 4.79 Å². The second-order valence-electron chi connectivity index (χ2n) is 9.96. The second kappa shape index (κ2) is 13.2. The Bertz CT molecular complexity index is 1380. The molecule has 4 rings (SSSR count). The number of anilines is 1. The molecule has 6 nitrogen and oxygen atoms in total. The molecule has 0 spiro atoms. The van der Waals surface area contributed by atoms with Crippen molar-refractivity contribution in [1.82, 2.24) is 5.32 Å². The van der Waals surface area contributed by atoms with Crippen LogP contribution in [0.4, 0.5) is 5.00 Å². The molecule has 0 saturated heterocycles. The molecule has 7 heteroatoms. The number of ether oxygens (including phenoxy) is 1. The van der Waals surface area contributed by atoms with Crippen LogP contribution in [0.25, 0.3) is 12.2 Å². The quantitative estimate of drug-likeness (QED) is 0.194. The summed E-state index contributed by atoms with van der Waals surface area (Å²) in [6.45, 7) is 6.44. The summed E-state index contributed by atoms with van der Waals surface area (Å²) in [5, 5.41) is 6.34. The van der Waals surface area contributed by atoms with Gasteiger partial charge in [0.25, 0.3) is 5.91 Å². The number of nitrogens with one attached hydrogen (secondary N) is 2. The van der Waals surface area contributed by atoms with E-state index in [0.717, 1.165) is 52.0 Å². The predicted octanol–water partition coefficient (Wildman–Crippen LogP) is 6.13. The normalized spacial score (nSPS) is 14.8. The Kier molecular flexibility index (Phi) is 9.49. The first-order chi connectivity index (χ1) is 18.8. The molecule has 1 aliphatic rings. The van der Waals surface area contributed by atoms with Crippen molar-refractivity contribution in [3.8, 4) is 0 Å². The summed E-state index contributed by atoms with van der Waals surface area (Å²) in [6.07, 6.45) is 8.99. The zero-order chi connectivity index (χ0) is 27.8. The van der Waals surface area contributed by atoms with Crippen molar-refractivity contribution in [2.45, 2.75) is 40.0 Å². The van der Waals surface area contributed by atoms with Crippen LogP contribution < -0.4 is 10.6 Å². The van der Waals surface area contributed by atoms with Crippen molar-refractivity contribution >= 4 is 46.3 Å². The summed E-state index contributed by atoms with van der Waals surface area (Å²) in [6, 6.07) is 15.7. The van der Waals surface area contributed by atoms with Crippen LogP contribution in [0.1, 0.15) is 56.4 Å². The third-order valence-corrected chi connectivity index (χ3v) is 7.77. The van der Waals surface area contributed by atoms with Crippen molar-refractivity contribution in [1.29, 1.82) is 0 Å². The fourth-order valence-electron chi connectivity index (χ4n) is 4.38. The Morgan fingerprint density at radius 3 is 2.21 bits per heavy atom. The topological polar surface area (TPSA) is 84.5 Å². The van der Waals surface area contributed by atoms with Crippen LogP contribution in [0.15, 0.2) is 60.7 Å². The summed E-state index contributed by atoms with van der Waals surface area (Å²) in [5.41, 5.74) is 5.66. The molecule has 202 valence electrons. The van der Waals surface area contributed by atoms with Crippen molar-refractivity contribution in [3.05, 3.63) is 98.9 Å². The van der Waals surface area contributed by atoms with E-state index in [9.17, 15) is 14.4 Å². The third kappa shape index (κ3) is 8.01. The average molecular weight is 543 g/mol. The highest BCUT2D eigenvalue weighted by molar-refractivity contribution is 7.17. The number of amides is 2. The van der Waals surface area contributed by atoms with Crippen LogP contribution in [0, 0.1) is 19.8 Å². The number of rotatable bonds is 9. The molecule has 0 aliphatic heterocycles. The number of esters is 1. The molecule has 39 heavy (non-hydrogen) atoms. The fraction of sp³-hybridized carbons (Fsp3) is 0.281. The van der Waals surface area contributed by atoms with Gasteiger partial charge in [-0.3, -0.25) is 9.59 Å². The summed E-state index contributed by atoms with van der Waals surface area (Å²) < 4.78 is 5.24. The standard InChI is InChI=1S/C32H34N2O4S/c1-21-4-9-24(10-5-21)13-16-28(35)34-32-30(26-15-8-23(3)20-27(26)39-32)31(37)33-18-19-38-29(36)17-14-25-11-6-22(2)7-12-25/h4-7,9-14,16-17,23H,8,15,18-20H2,1-3H3,(H,33,37)(H,34,35)/b16-13+,17-14+. The number of fused-ring (bicyclic) bond motifs is 1. The molecular formula is C32H34N2O4S. The Morgan fingerprint density at radius 2 is 1.56 bits per heavy atom. The lowest BCUT2D eigenvalue weighted by Gasteiger charge is -2.18. The lowest BCUT2D eigenvalue weighted by molar-refractivity contribution is -0.137. The number of benzene rings is 2. The van der Waals surface area contributed by atoms with Crippen molar-refractivity contribution in [3.63, 3.8) is 0 Å². The largest absolute Gasteiger partial charge is 0.461 e. The van der Waals surface area contributed by atoms with E-state index in [1.807, 2.05) is 62.4 Å². The van der Waals surface area contributed by atoms with E-state index in [4.69, 9.17) is 4.74 Å². The number of aryl methyl sites for hydroxylation is 2. The molecule has 3 aromatic rings. The van der Waals surface area contributed by atoms with Crippen LogP contribution in [-0.4, -0.2) is 30.9 Å². The molecule has 0 saturated carbocycles. The molecule has 2 amide bonds. The van der Waals surface area contributed by atoms with Crippen LogP contribution in [0.5, 0.6) is 0 Å². The first-order valence-corrected chi connectivity index (χ1v) is 14.0. The highest BCUT2D eigenvalue weighted by atomic mass is 32.1. The maximum Gasteiger partial charge on any atom is 0.330 e. The van der Waals surface area contributed by atoms with E-state index < -0.39 is 5.97 Å². The zero-order valence-electron chi connectivity index (χ0n) is 22.6. The number of hydrogen-bond acceptors (Lipinski definition) is 5. The first-order valence-electron chi connectivity index (χ1n) is 13.2. The van der Waals surface area contributed by atoms with Gasteiger partial charge in [0.2, 0.25) is 5.91 Å². The van der Waals surface area contributed by atoms with Crippen LogP contribution in [0.3, 0.4) is 0 Å². The molecule has 2 N–H and O–H groups in total. The summed E-state index contributed by atoms with van der Waals surface area (Å²) in [4.78, 5) is 39.2. The minimum Gasteiger partial charge on any atom is -0.461 e. The number of carbonyl (C=O) groups is 3. The average Bonchev–Trinajstić information content (AvgIpc) is 3.27. The van der Waals surface area contributed by atoms with Gasteiger partial charge in [0, 0.05) is 17.0 Å². The van der Waals surface area contributed by atoms with Gasteiger partial charge >= 0.3 is 5.97 Å². The second-order valence-corrected chi connectivity index (χ2v) is 11.1. The van der Waals surface area contributed by atoms with E-state index >= 15 is 0 Å². The van der Waals surface area contributed by atoms with Crippen molar-refractivity contribution in [2.24, 2.45) is 5.92 Å². The predicted molar refractivity (Wildman–Crippen MR) is 158 cm³/mol. The lowest BCUT2D eigenvalue weighted by Crippen LogP contribution is -2.29. The van der Waals surface area contributed by atoms with Gasteiger partial charge in [-0.05, 0) is 67.9 Å². The third-order valence-electron chi connectivity index (χ3n) is 6.60. The highest BCUT2D eigenvalue weighted by Crippen LogP contribution is 2.39. The molecule has 0 fully saturated rings. The maximum absolute atomic E-state index is 13.2. The Balaban J connectivity index is 1.36. The number of thiophene rings is 1. The lowest BCUT2D eigenvalue weighted by atomic mass is 9.88. The van der Waals surface area contributed by atoms with E-state index in [0.29, 0.717) is 16.5 Å². The molecule has 2 aromatic carbocycles. The molecule has 0 radical (unpaired) electrons. The van der Waals surface area contributed by atoms with Gasteiger partial charge in [0.1, 0.15) is 11.6 Å². The molecule has 1 aliphatic carbocycles. The summed E-state index contributed by atoms with van der Waals surface area (Å²) in [7, 11) is 0. The molecule has 1 aromatic heterocycles. The SMILES string of the molecule is Cc1ccc(/C=C/C(=O)Nc2sc3c(c2C(=O)NCCOC(=O)/C=C/c2ccc(C)cc2)CCC(C)C3)cc1.